The molecule has 1 aromatic rings. The van der Waals surface area contributed by atoms with Gasteiger partial charge in [-0.2, -0.15) is 5.26 Å². The molecule has 1 rings (SSSR count). The standard InChI is InChI=1S/C14H17FN2O2/c1-9(2)13(14(18)19-3)17-8-11-6-10(7-16)4-5-12(11)15/h4-6,9,13,17H,8H2,1-3H3. The van der Waals surface area contributed by atoms with Gasteiger partial charge < -0.3 is 4.74 Å². The van der Waals surface area contributed by atoms with Crippen molar-refractivity contribution in [2.45, 2.75) is 26.4 Å². The van der Waals surface area contributed by atoms with Crippen LogP contribution >= 0.6 is 0 Å². The van der Waals surface area contributed by atoms with Gasteiger partial charge in [-0.1, -0.05) is 13.8 Å². The number of carbonyl (C=O) groups is 1. The van der Waals surface area contributed by atoms with E-state index in [2.05, 4.69) is 10.1 Å². The molecular formula is C14H17FN2O2. The third-order valence-electron chi connectivity index (χ3n) is 2.81. The fourth-order valence-electron chi connectivity index (χ4n) is 1.72. The van der Waals surface area contributed by atoms with Gasteiger partial charge >= 0.3 is 5.97 Å². The average Bonchev–Trinajstić information content (AvgIpc) is 2.40. The van der Waals surface area contributed by atoms with Gasteiger partial charge in [0.05, 0.1) is 18.7 Å². The van der Waals surface area contributed by atoms with Crippen molar-refractivity contribution in [3.63, 3.8) is 0 Å². The second-order valence-electron chi connectivity index (χ2n) is 4.54. The van der Waals surface area contributed by atoms with E-state index in [1.54, 1.807) is 0 Å². The number of carbonyl (C=O) groups excluding carboxylic acids is 1. The van der Waals surface area contributed by atoms with Crippen LogP contribution in [0.4, 0.5) is 4.39 Å². The molecule has 0 saturated carbocycles. The molecule has 0 fully saturated rings. The molecule has 1 N–H and O–H groups in total. The molecule has 0 amide bonds. The average molecular weight is 264 g/mol. The van der Waals surface area contributed by atoms with Crippen LogP contribution in [0.15, 0.2) is 18.2 Å². The lowest BCUT2D eigenvalue weighted by Gasteiger charge is -2.20. The molecule has 5 heteroatoms. The number of nitriles is 1. The maximum Gasteiger partial charge on any atom is 0.323 e. The maximum absolute atomic E-state index is 13.6. The van der Waals surface area contributed by atoms with Gasteiger partial charge in [-0.25, -0.2) is 4.39 Å². The first-order chi connectivity index (χ1) is 8.99. The Morgan fingerprint density at radius 2 is 2.21 bits per heavy atom. The third-order valence-corrected chi connectivity index (χ3v) is 2.81. The molecule has 1 atom stereocenters. The maximum atomic E-state index is 13.6. The quantitative estimate of drug-likeness (QED) is 0.826. The van der Waals surface area contributed by atoms with Crippen LogP contribution in [0.1, 0.15) is 25.0 Å². The Kier molecular flexibility index (Phi) is 5.46. The summed E-state index contributed by atoms with van der Waals surface area (Å²) in [7, 11) is 1.32. The van der Waals surface area contributed by atoms with E-state index < -0.39 is 11.9 Å². The highest BCUT2D eigenvalue weighted by atomic mass is 19.1. The van der Waals surface area contributed by atoms with E-state index >= 15 is 0 Å². The Labute approximate surface area is 112 Å². The van der Waals surface area contributed by atoms with E-state index in [1.807, 2.05) is 19.9 Å². The zero-order valence-corrected chi connectivity index (χ0v) is 11.2. The molecule has 0 aliphatic rings. The highest BCUT2D eigenvalue weighted by Gasteiger charge is 2.22. The number of ether oxygens (including phenoxy) is 1. The van der Waals surface area contributed by atoms with E-state index in [0.717, 1.165) is 0 Å². The summed E-state index contributed by atoms with van der Waals surface area (Å²) in [5.41, 5.74) is 0.742. The Morgan fingerprint density at radius 1 is 1.53 bits per heavy atom. The van der Waals surface area contributed by atoms with E-state index in [1.165, 1.54) is 25.3 Å². The Bertz CT molecular complexity index is 495. The molecule has 0 aromatic heterocycles. The van der Waals surface area contributed by atoms with Crippen LogP contribution in [0, 0.1) is 23.1 Å². The summed E-state index contributed by atoms with van der Waals surface area (Å²) in [6.07, 6.45) is 0. The molecule has 4 nitrogen and oxygen atoms in total. The lowest BCUT2D eigenvalue weighted by atomic mass is 10.0. The van der Waals surface area contributed by atoms with E-state index in [-0.39, 0.29) is 18.4 Å². The van der Waals surface area contributed by atoms with Gasteiger partial charge in [-0.3, -0.25) is 10.1 Å². The topological polar surface area (TPSA) is 62.1 Å². The summed E-state index contributed by atoms with van der Waals surface area (Å²) in [5.74, 6) is -0.764. The number of benzene rings is 1. The molecule has 0 aliphatic heterocycles. The molecule has 0 saturated heterocycles. The minimum absolute atomic E-state index is 0.0228. The van der Waals surface area contributed by atoms with Crippen molar-refractivity contribution in [3.05, 3.63) is 35.1 Å². The lowest BCUT2D eigenvalue weighted by Crippen LogP contribution is -2.41. The van der Waals surface area contributed by atoms with Gasteiger partial charge in [-0.15, -0.1) is 0 Å². The van der Waals surface area contributed by atoms with Crippen LogP contribution in [0.3, 0.4) is 0 Å². The number of nitrogens with one attached hydrogen (secondary N) is 1. The van der Waals surface area contributed by atoms with Gasteiger partial charge in [0.2, 0.25) is 0 Å². The monoisotopic (exact) mass is 264 g/mol. The van der Waals surface area contributed by atoms with E-state index in [0.29, 0.717) is 11.1 Å². The number of methoxy groups -OCH3 is 1. The number of esters is 1. The fraction of sp³-hybridized carbons (Fsp3) is 0.429. The summed E-state index contributed by atoms with van der Waals surface area (Å²) in [6.45, 7) is 3.91. The van der Waals surface area contributed by atoms with Crippen LogP contribution in [0.5, 0.6) is 0 Å². The van der Waals surface area contributed by atoms with Crippen molar-refractivity contribution in [2.24, 2.45) is 5.92 Å². The number of nitrogens with zero attached hydrogens (tertiary/aromatic N) is 1. The molecule has 102 valence electrons. The van der Waals surface area contributed by atoms with Gasteiger partial charge in [-0.05, 0) is 24.1 Å². The number of hydrogen-bond acceptors (Lipinski definition) is 4. The van der Waals surface area contributed by atoms with Crippen LogP contribution in [0.25, 0.3) is 0 Å². The van der Waals surface area contributed by atoms with Crippen molar-refractivity contribution in [2.75, 3.05) is 7.11 Å². The van der Waals surface area contributed by atoms with Gasteiger partial charge in [0.1, 0.15) is 11.9 Å². The summed E-state index contributed by atoms with van der Waals surface area (Å²) in [4.78, 5) is 11.6. The van der Waals surface area contributed by atoms with Gasteiger partial charge in [0.15, 0.2) is 0 Å². The van der Waals surface area contributed by atoms with Crippen molar-refractivity contribution >= 4 is 5.97 Å². The molecular weight excluding hydrogens is 247 g/mol. The van der Waals surface area contributed by atoms with E-state index in [4.69, 9.17) is 5.26 Å². The van der Waals surface area contributed by atoms with Gasteiger partial charge in [0, 0.05) is 12.1 Å². The Hall–Kier alpha value is -1.93. The predicted molar refractivity (Wildman–Crippen MR) is 68.6 cm³/mol. The van der Waals surface area contributed by atoms with Crippen molar-refractivity contribution in [1.29, 1.82) is 5.26 Å². The molecule has 19 heavy (non-hydrogen) atoms. The number of rotatable bonds is 5. The molecule has 0 spiro atoms. The lowest BCUT2D eigenvalue weighted by molar-refractivity contribution is -0.144. The first kappa shape index (κ1) is 15.1. The highest BCUT2D eigenvalue weighted by Crippen LogP contribution is 2.11. The normalized spacial score (nSPS) is 12.0. The molecule has 0 bridgehead atoms. The summed E-state index contributed by atoms with van der Waals surface area (Å²) < 4.78 is 18.3. The zero-order valence-electron chi connectivity index (χ0n) is 11.2. The molecule has 0 aliphatic carbocycles. The summed E-state index contributed by atoms with van der Waals surface area (Å²) in [5, 5.41) is 11.7. The minimum atomic E-state index is -0.504. The largest absolute Gasteiger partial charge is 0.468 e. The Morgan fingerprint density at radius 3 is 2.74 bits per heavy atom. The second-order valence-corrected chi connectivity index (χ2v) is 4.54. The molecule has 0 radical (unpaired) electrons. The minimum Gasteiger partial charge on any atom is -0.468 e. The molecule has 0 heterocycles. The SMILES string of the molecule is COC(=O)C(NCc1cc(C#N)ccc1F)C(C)C. The fourth-order valence-corrected chi connectivity index (χ4v) is 1.72. The Balaban J connectivity index is 2.80. The van der Waals surface area contributed by atoms with Crippen molar-refractivity contribution < 1.29 is 13.9 Å². The number of halogens is 1. The van der Waals surface area contributed by atoms with Crippen LogP contribution in [0.2, 0.25) is 0 Å². The van der Waals surface area contributed by atoms with Crippen LogP contribution in [-0.4, -0.2) is 19.1 Å². The molecule has 1 unspecified atom stereocenters. The van der Waals surface area contributed by atoms with Crippen LogP contribution < -0.4 is 5.32 Å². The third kappa shape index (κ3) is 4.04. The summed E-state index contributed by atoms with van der Waals surface area (Å²) in [6, 6.07) is 5.58. The smallest absolute Gasteiger partial charge is 0.323 e. The summed E-state index contributed by atoms with van der Waals surface area (Å²) >= 11 is 0. The zero-order chi connectivity index (χ0) is 14.4. The molecule has 1 aromatic carbocycles. The first-order valence-corrected chi connectivity index (χ1v) is 5.99. The van der Waals surface area contributed by atoms with Crippen molar-refractivity contribution in [3.8, 4) is 6.07 Å². The number of hydrogen-bond donors (Lipinski definition) is 1. The van der Waals surface area contributed by atoms with Gasteiger partial charge in [0.25, 0.3) is 0 Å². The highest BCUT2D eigenvalue weighted by molar-refractivity contribution is 5.75. The predicted octanol–water partition coefficient (Wildman–Crippen LogP) is 1.98. The van der Waals surface area contributed by atoms with Crippen molar-refractivity contribution in [1.82, 2.24) is 5.32 Å². The van der Waals surface area contributed by atoms with E-state index in [9.17, 15) is 9.18 Å². The second kappa shape index (κ2) is 6.86. The van der Waals surface area contributed by atoms with Crippen LogP contribution in [-0.2, 0) is 16.1 Å². The first-order valence-electron chi connectivity index (χ1n) is 5.99.